The van der Waals surface area contributed by atoms with Crippen molar-refractivity contribution < 1.29 is 14.1 Å². The van der Waals surface area contributed by atoms with Crippen LogP contribution in [0.3, 0.4) is 0 Å². The van der Waals surface area contributed by atoms with Crippen molar-refractivity contribution in [2.45, 2.75) is 45.5 Å². The Labute approximate surface area is 153 Å². The lowest BCUT2D eigenvalue weighted by Crippen LogP contribution is -2.27. The van der Waals surface area contributed by atoms with Gasteiger partial charge in [0.25, 0.3) is 0 Å². The van der Waals surface area contributed by atoms with Gasteiger partial charge < -0.3 is 9.84 Å². The SMILES string of the molecule is C[C@@H](Cc1cccc(Oc2cccc(CO)c2)c1)CS(=O)C(C)(C)C. The van der Waals surface area contributed by atoms with E-state index in [1.807, 2.05) is 63.2 Å². The van der Waals surface area contributed by atoms with Crippen molar-refractivity contribution in [3.05, 3.63) is 59.7 Å². The van der Waals surface area contributed by atoms with E-state index in [1.54, 1.807) is 0 Å². The van der Waals surface area contributed by atoms with Crippen molar-refractivity contribution in [2.24, 2.45) is 5.92 Å². The molecular weight excluding hydrogens is 332 g/mol. The lowest BCUT2D eigenvalue weighted by molar-refractivity contribution is 0.281. The second-order valence-corrected chi connectivity index (χ2v) is 9.74. The molecule has 2 aromatic carbocycles. The molecule has 136 valence electrons. The minimum Gasteiger partial charge on any atom is -0.457 e. The van der Waals surface area contributed by atoms with Crippen LogP contribution in [0.2, 0.25) is 0 Å². The number of hydrogen-bond acceptors (Lipinski definition) is 3. The molecule has 1 N–H and O–H groups in total. The summed E-state index contributed by atoms with van der Waals surface area (Å²) >= 11 is 0. The summed E-state index contributed by atoms with van der Waals surface area (Å²) in [7, 11) is -0.837. The molecule has 0 fully saturated rings. The molecule has 0 aromatic heterocycles. The Morgan fingerprint density at radius 1 is 1.04 bits per heavy atom. The van der Waals surface area contributed by atoms with Crippen LogP contribution in [-0.4, -0.2) is 19.8 Å². The third kappa shape index (κ3) is 6.29. The van der Waals surface area contributed by atoms with E-state index < -0.39 is 10.8 Å². The van der Waals surface area contributed by atoms with E-state index in [1.165, 1.54) is 5.56 Å². The summed E-state index contributed by atoms with van der Waals surface area (Å²) in [5.74, 6) is 2.53. The quantitative estimate of drug-likeness (QED) is 0.779. The van der Waals surface area contributed by atoms with Crippen molar-refractivity contribution in [1.82, 2.24) is 0 Å². The monoisotopic (exact) mass is 360 g/mol. The average molecular weight is 361 g/mol. The van der Waals surface area contributed by atoms with Crippen LogP contribution in [0.5, 0.6) is 11.5 Å². The summed E-state index contributed by atoms with van der Waals surface area (Å²) in [6.45, 7) is 8.20. The third-order valence-electron chi connectivity index (χ3n) is 3.92. The molecule has 2 rings (SSSR count). The van der Waals surface area contributed by atoms with Crippen LogP contribution in [-0.2, 0) is 23.8 Å². The van der Waals surface area contributed by atoms with E-state index in [0.717, 1.165) is 17.7 Å². The Balaban J connectivity index is 2.02. The van der Waals surface area contributed by atoms with E-state index in [4.69, 9.17) is 4.74 Å². The highest BCUT2D eigenvalue weighted by atomic mass is 32.2. The zero-order valence-corrected chi connectivity index (χ0v) is 16.3. The number of ether oxygens (including phenoxy) is 1. The highest BCUT2D eigenvalue weighted by Gasteiger charge is 2.21. The predicted octanol–water partition coefficient (Wildman–Crippen LogP) is 4.70. The molecule has 25 heavy (non-hydrogen) atoms. The fourth-order valence-electron chi connectivity index (χ4n) is 2.55. The molecule has 4 heteroatoms. The number of hydrogen-bond donors (Lipinski definition) is 1. The third-order valence-corrected chi connectivity index (χ3v) is 6.16. The van der Waals surface area contributed by atoms with Gasteiger partial charge >= 0.3 is 0 Å². The maximum absolute atomic E-state index is 12.3. The Kier molecular flexibility index (Phi) is 6.79. The molecule has 0 spiro atoms. The zero-order valence-electron chi connectivity index (χ0n) is 15.5. The highest BCUT2D eigenvalue weighted by molar-refractivity contribution is 7.86. The van der Waals surface area contributed by atoms with Gasteiger partial charge in [-0.3, -0.25) is 4.21 Å². The second-order valence-electron chi connectivity index (χ2n) is 7.49. The molecule has 3 nitrogen and oxygen atoms in total. The molecule has 1 unspecified atom stereocenters. The van der Waals surface area contributed by atoms with Crippen LogP contribution in [0, 0.1) is 5.92 Å². The van der Waals surface area contributed by atoms with Crippen molar-refractivity contribution >= 4 is 10.8 Å². The first kappa shape index (κ1) is 19.7. The predicted molar refractivity (Wildman–Crippen MR) is 105 cm³/mol. The van der Waals surface area contributed by atoms with Gasteiger partial charge in [0.1, 0.15) is 11.5 Å². The standard InChI is InChI=1S/C21H28O3S/c1-16(15-25(23)21(2,3)4)11-17-7-5-9-19(12-17)24-20-10-6-8-18(13-20)14-22/h5-10,12-13,16,22H,11,14-15H2,1-4H3/t16-,25?/m0/s1. The fourth-order valence-corrected chi connectivity index (χ4v) is 3.68. The van der Waals surface area contributed by atoms with E-state index in [9.17, 15) is 9.32 Å². The lowest BCUT2D eigenvalue weighted by atomic mass is 10.0. The molecule has 0 heterocycles. The summed E-state index contributed by atoms with van der Waals surface area (Å²) < 4.78 is 18.0. The number of aliphatic hydroxyl groups is 1. The van der Waals surface area contributed by atoms with Gasteiger partial charge in [0, 0.05) is 21.3 Å². The smallest absolute Gasteiger partial charge is 0.127 e. The lowest BCUT2D eigenvalue weighted by Gasteiger charge is -2.21. The van der Waals surface area contributed by atoms with E-state index in [0.29, 0.717) is 17.4 Å². The topological polar surface area (TPSA) is 46.5 Å². The summed E-state index contributed by atoms with van der Waals surface area (Å²) in [4.78, 5) is 0. The van der Waals surface area contributed by atoms with Crippen LogP contribution in [0.15, 0.2) is 48.5 Å². The van der Waals surface area contributed by atoms with Gasteiger partial charge in [0.05, 0.1) is 6.61 Å². The van der Waals surface area contributed by atoms with Gasteiger partial charge in [0.2, 0.25) is 0 Å². The Bertz CT molecular complexity index is 719. The molecule has 0 saturated carbocycles. The Hall–Kier alpha value is -1.65. The number of benzene rings is 2. The van der Waals surface area contributed by atoms with Crippen molar-refractivity contribution in [3.63, 3.8) is 0 Å². The van der Waals surface area contributed by atoms with Crippen LogP contribution in [0.4, 0.5) is 0 Å². The normalized spacial score (nSPS) is 14.1. The summed E-state index contributed by atoms with van der Waals surface area (Å²) in [5.41, 5.74) is 2.00. The van der Waals surface area contributed by atoms with E-state index >= 15 is 0 Å². The number of aliphatic hydroxyl groups excluding tert-OH is 1. The van der Waals surface area contributed by atoms with Crippen molar-refractivity contribution in [3.8, 4) is 11.5 Å². The molecule has 0 aliphatic rings. The molecule has 0 aliphatic heterocycles. The van der Waals surface area contributed by atoms with Crippen LogP contribution in [0.1, 0.15) is 38.8 Å². The van der Waals surface area contributed by atoms with Crippen molar-refractivity contribution in [1.29, 1.82) is 0 Å². The molecule has 2 aromatic rings. The minimum absolute atomic E-state index is 0.000326. The summed E-state index contributed by atoms with van der Waals surface area (Å²) in [5, 5.41) is 9.22. The Morgan fingerprint density at radius 2 is 1.60 bits per heavy atom. The first-order valence-corrected chi connectivity index (χ1v) is 9.95. The summed E-state index contributed by atoms with van der Waals surface area (Å²) in [6.07, 6.45) is 0.871. The zero-order chi connectivity index (χ0) is 18.4. The van der Waals surface area contributed by atoms with Crippen LogP contribution >= 0.6 is 0 Å². The van der Waals surface area contributed by atoms with Crippen LogP contribution in [0.25, 0.3) is 0 Å². The van der Waals surface area contributed by atoms with Crippen LogP contribution < -0.4 is 4.74 Å². The second kappa shape index (κ2) is 8.63. The molecule has 0 aliphatic carbocycles. The first-order valence-electron chi connectivity index (χ1n) is 8.63. The Morgan fingerprint density at radius 3 is 2.16 bits per heavy atom. The van der Waals surface area contributed by atoms with E-state index in [2.05, 4.69) is 13.0 Å². The minimum atomic E-state index is -0.837. The summed E-state index contributed by atoms with van der Waals surface area (Å²) in [6, 6.07) is 15.5. The van der Waals surface area contributed by atoms with Gasteiger partial charge in [-0.15, -0.1) is 0 Å². The molecular formula is C21H28O3S. The highest BCUT2D eigenvalue weighted by Crippen LogP contribution is 2.25. The van der Waals surface area contributed by atoms with Gasteiger partial charge in [-0.2, -0.15) is 0 Å². The van der Waals surface area contributed by atoms with Gasteiger partial charge in [-0.25, -0.2) is 0 Å². The molecule has 0 bridgehead atoms. The molecule has 2 atom stereocenters. The molecule has 0 saturated heterocycles. The van der Waals surface area contributed by atoms with Crippen molar-refractivity contribution in [2.75, 3.05) is 5.75 Å². The molecule has 0 amide bonds. The van der Waals surface area contributed by atoms with Gasteiger partial charge in [-0.05, 0) is 68.5 Å². The van der Waals surface area contributed by atoms with Gasteiger partial charge in [-0.1, -0.05) is 31.2 Å². The largest absolute Gasteiger partial charge is 0.457 e. The number of rotatable bonds is 7. The molecule has 0 radical (unpaired) electrons. The maximum Gasteiger partial charge on any atom is 0.127 e. The average Bonchev–Trinajstić information content (AvgIpc) is 2.54. The van der Waals surface area contributed by atoms with E-state index in [-0.39, 0.29) is 11.4 Å². The first-order chi connectivity index (χ1) is 11.8. The fraction of sp³-hybridized carbons (Fsp3) is 0.429. The van der Waals surface area contributed by atoms with Gasteiger partial charge in [0.15, 0.2) is 0 Å². The maximum atomic E-state index is 12.3.